The van der Waals surface area contributed by atoms with Crippen molar-refractivity contribution in [3.63, 3.8) is 0 Å². The van der Waals surface area contributed by atoms with Gasteiger partial charge in [0.15, 0.2) is 0 Å². The van der Waals surface area contributed by atoms with E-state index in [1.54, 1.807) is 0 Å². The van der Waals surface area contributed by atoms with E-state index in [1.165, 1.54) is 12.8 Å². The molecular weight excluding hydrogens is 348 g/mol. The van der Waals surface area contributed by atoms with Crippen LogP contribution < -0.4 is 10.2 Å². The summed E-state index contributed by atoms with van der Waals surface area (Å²) in [6.45, 7) is 0.675. The van der Waals surface area contributed by atoms with Gasteiger partial charge >= 0.3 is 0 Å². The van der Waals surface area contributed by atoms with Crippen LogP contribution in [0.1, 0.15) is 43.8 Å². The van der Waals surface area contributed by atoms with Crippen molar-refractivity contribution in [3.05, 3.63) is 60.4 Å². The van der Waals surface area contributed by atoms with Gasteiger partial charge in [-0.25, -0.2) is 9.97 Å². The standard InChI is InChI=1S/C23H24N4O/c28-21(24-17-6-2-1-3-7-17)14-15-27(18-12-13-18)23-19-8-4-5-9-20(19)25-22(26-23)16-10-11-16/h1-9,16,18H,10-15H2,(H,24,28). The summed E-state index contributed by atoms with van der Waals surface area (Å²) in [6, 6.07) is 18.4. The Morgan fingerprint density at radius 1 is 0.964 bits per heavy atom. The van der Waals surface area contributed by atoms with Gasteiger partial charge in [-0.3, -0.25) is 4.79 Å². The summed E-state index contributed by atoms with van der Waals surface area (Å²) in [5, 5.41) is 4.07. The van der Waals surface area contributed by atoms with Gasteiger partial charge in [0.2, 0.25) is 5.91 Å². The molecule has 0 unspecified atom stereocenters. The number of hydrogen-bond acceptors (Lipinski definition) is 4. The van der Waals surface area contributed by atoms with Gasteiger partial charge < -0.3 is 10.2 Å². The first-order chi connectivity index (χ1) is 13.8. The van der Waals surface area contributed by atoms with Crippen LogP contribution in [0.5, 0.6) is 0 Å². The molecule has 1 aromatic heterocycles. The summed E-state index contributed by atoms with van der Waals surface area (Å²) in [4.78, 5) is 24.6. The molecule has 2 saturated carbocycles. The molecule has 0 radical (unpaired) electrons. The van der Waals surface area contributed by atoms with Crippen LogP contribution >= 0.6 is 0 Å². The van der Waals surface area contributed by atoms with E-state index in [0.717, 1.165) is 41.1 Å². The maximum Gasteiger partial charge on any atom is 0.226 e. The number of anilines is 2. The quantitative estimate of drug-likeness (QED) is 0.663. The summed E-state index contributed by atoms with van der Waals surface area (Å²) >= 11 is 0. The molecule has 0 saturated heterocycles. The Labute approximate surface area is 164 Å². The van der Waals surface area contributed by atoms with Crippen molar-refractivity contribution >= 4 is 28.3 Å². The van der Waals surface area contributed by atoms with Gasteiger partial charge in [0.1, 0.15) is 11.6 Å². The first-order valence-electron chi connectivity index (χ1n) is 10.2. The van der Waals surface area contributed by atoms with Crippen LogP contribution in [-0.2, 0) is 4.79 Å². The molecule has 5 heteroatoms. The molecule has 2 aliphatic carbocycles. The van der Waals surface area contributed by atoms with Crippen molar-refractivity contribution < 1.29 is 4.79 Å². The molecule has 1 heterocycles. The molecule has 0 aliphatic heterocycles. The van der Waals surface area contributed by atoms with Crippen molar-refractivity contribution in [1.29, 1.82) is 0 Å². The number of carbonyl (C=O) groups excluding carboxylic acids is 1. The number of hydrogen-bond donors (Lipinski definition) is 1. The smallest absolute Gasteiger partial charge is 0.226 e. The van der Waals surface area contributed by atoms with Crippen LogP contribution in [0, 0.1) is 0 Å². The van der Waals surface area contributed by atoms with E-state index < -0.39 is 0 Å². The molecular formula is C23H24N4O. The van der Waals surface area contributed by atoms with Crippen LogP contribution in [0.15, 0.2) is 54.6 Å². The fraction of sp³-hybridized carbons (Fsp3) is 0.348. The third kappa shape index (κ3) is 3.70. The van der Waals surface area contributed by atoms with E-state index in [9.17, 15) is 4.79 Å². The van der Waals surface area contributed by atoms with Crippen molar-refractivity contribution in [3.8, 4) is 0 Å². The summed E-state index contributed by atoms with van der Waals surface area (Å²) in [6.07, 6.45) is 5.14. The average Bonchev–Trinajstić information content (AvgIpc) is 3.62. The molecule has 0 atom stereocenters. The lowest BCUT2D eigenvalue weighted by atomic mass is 10.2. The summed E-state index contributed by atoms with van der Waals surface area (Å²) in [7, 11) is 0. The lowest BCUT2D eigenvalue weighted by Gasteiger charge is -2.25. The largest absolute Gasteiger partial charge is 0.352 e. The lowest BCUT2D eigenvalue weighted by molar-refractivity contribution is -0.116. The molecule has 5 nitrogen and oxygen atoms in total. The number of rotatable bonds is 7. The van der Waals surface area contributed by atoms with Gasteiger partial charge in [-0.1, -0.05) is 30.3 Å². The van der Waals surface area contributed by atoms with E-state index in [4.69, 9.17) is 9.97 Å². The van der Waals surface area contributed by atoms with Crippen molar-refractivity contribution in [2.45, 2.75) is 44.1 Å². The number of carbonyl (C=O) groups is 1. The van der Waals surface area contributed by atoms with Crippen molar-refractivity contribution in [1.82, 2.24) is 9.97 Å². The Balaban J connectivity index is 1.39. The third-order valence-electron chi connectivity index (χ3n) is 5.44. The van der Waals surface area contributed by atoms with Crippen LogP contribution in [0.3, 0.4) is 0 Å². The van der Waals surface area contributed by atoms with Gasteiger partial charge in [0.05, 0.1) is 5.52 Å². The highest BCUT2D eigenvalue weighted by Gasteiger charge is 2.33. The van der Waals surface area contributed by atoms with Crippen molar-refractivity contribution in [2.24, 2.45) is 0 Å². The second-order valence-corrected chi connectivity index (χ2v) is 7.79. The molecule has 2 aromatic carbocycles. The van der Waals surface area contributed by atoms with Gasteiger partial charge in [0.25, 0.3) is 0 Å². The fourth-order valence-electron chi connectivity index (χ4n) is 3.63. The van der Waals surface area contributed by atoms with Gasteiger partial charge in [0, 0.05) is 36.0 Å². The highest BCUT2D eigenvalue weighted by atomic mass is 16.1. The fourth-order valence-corrected chi connectivity index (χ4v) is 3.63. The normalized spacial score (nSPS) is 16.1. The monoisotopic (exact) mass is 372 g/mol. The molecule has 0 spiro atoms. The first-order valence-corrected chi connectivity index (χ1v) is 10.2. The van der Waals surface area contributed by atoms with Gasteiger partial charge in [-0.05, 0) is 49.9 Å². The third-order valence-corrected chi connectivity index (χ3v) is 5.44. The second-order valence-electron chi connectivity index (χ2n) is 7.79. The average molecular weight is 372 g/mol. The van der Waals surface area contributed by atoms with E-state index in [2.05, 4.69) is 22.3 Å². The summed E-state index contributed by atoms with van der Waals surface area (Å²) in [5.41, 5.74) is 1.85. The van der Waals surface area contributed by atoms with Crippen LogP contribution in [0.4, 0.5) is 11.5 Å². The Hall–Kier alpha value is -2.95. The van der Waals surface area contributed by atoms with Crippen LogP contribution in [-0.4, -0.2) is 28.5 Å². The molecule has 0 bridgehead atoms. The molecule has 5 rings (SSSR count). The summed E-state index contributed by atoms with van der Waals surface area (Å²) < 4.78 is 0. The zero-order valence-corrected chi connectivity index (χ0v) is 15.8. The highest BCUT2D eigenvalue weighted by Crippen LogP contribution is 2.41. The molecule has 142 valence electrons. The minimum absolute atomic E-state index is 0.0395. The van der Waals surface area contributed by atoms with Crippen LogP contribution in [0.25, 0.3) is 10.9 Å². The molecule has 28 heavy (non-hydrogen) atoms. The second kappa shape index (κ2) is 7.23. The van der Waals surface area contributed by atoms with Crippen LogP contribution in [0.2, 0.25) is 0 Å². The Bertz CT molecular complexity index is 996. The topological polar surface area (TPSA) is 58.1 Å². The number of aromatic nitrogens is 2. The molecule has 3 aromatic rings. The molecule has 2 fully saturated rings. The maximum absolute atomic E-state index is 12.5. The Kier molecular flexibility index (Phi) is 4.43. The number of nitrogens with one attached hydrogen (secondary N) is 1. The van der Waals surface area contributed by atoms with Gasteiger partial charge in [-0.2, -0.15) is 0 Å². The Morgan fingerprint density at radius 2 is 1.71 bits per heavy atom. The number of nitrogens with zero attached hydrogens (tertiary/aromatic N) is 3. The highest BCUT2D eigenvalue weighted by molar-refractivity contribution is 5.92. The maximum atomic E-state index is 12.5. The van der Waals surface area contributed by atoms with Gasteiger partial charge in [-0.15, -0.1) is 0 Å². The van der Waals surface area contributed by atoms with Crippen molar-refractivity contribution in [2.75, 3.05) is 16.8 Å². The number of fused-ring (bicyclic) bond motifs is 1. The first kappa shape index (κ1) is 17.2. The zero-order valence-electron chi connectivity index (χ0n) is 15.8. The number of amides is 1. The minimum atomic E-state index is 0.0395. The van der Waals surface area contributed by atoms with E-state index in [0.29, 0.717) is 24.9 Å². The lowest BCUT2D eigenvalue weighted by Crippen LogP contribution is -2.31. The summed E-state index contributed by atoms with van der Waals surface area (Å²) in [5.74, 6) is 2.51. The molecule has 2 aliphatic rings. The van der Waals surface area contributed by atoms with E-state index >= 15 is 0 Å². The molecule has 1 N–H and O–H groups in total. The SMILES string of the molecule is O=C(CCN(c1nc(C2CC2)nc2ccccc12)C1CC1)Nc1ccccc1. The van der Waals surface area contributed by atoms with E-state index in [1.807, 2.05) is 42.5 Å². The number of para-hydroxylation sites is 2. The molecule has 1 amide bonds. The Morgan fingerprint density at radius 3 is 2.46 bits per heavy atom. The van der Waals surface area contributed by atoms with E-state index in [-0.39, 0.29) is 5.91 Å². The predicted octanol–water partition coefficient (Wildman–Crippen LogP) is 4.50. The minimum Gasteiger partial charge on any atom is -0.352 e. The number of benzene rings is 2. The zero-order chi connectivity index (χ0) is 18.9. The predicted molar refractivity (Wildman–Crippen MR) is 112 cm³/mol.